The fraction of sp³-hybridized carbons (Fsp3) is 0.545. The number of rotatable bonds is 4. The molecule has 0 spiro atoms. The van der Waals surface area contributed by atoms with Gasteiger partial charge in [0.1, 0.15) is 5.82 Å². The smallest absolute Gasteiger partial charge is 0.228 e. The Bertz CT molecular complexity index is 957. The lowest BCUT2D eigenvalue weighted by Gasteiger charge is -2.28. The first-order chi connectivity index (χ1) is 14.4. The molecule has 1 aliphatic heterocycles. The number of nitrogens with zero attached hydrogens (tertiary/aromatic N) is 3. The number of anilines is 1. The Morgan fingerprint density at radius 3 is 2.83 bits per heavy atom. The normalized spacial score (nSPS) is 23.5. The van der Waals surface area contributed by atoms with E-state index in [1.54, 1.807) is 6.20 Å². The molecule has 1 saturated carbocycles. The highest BCUT2D eigenvalue weighted by atomic mass is 35.5. The summed E-state index contributed by atoms with van der Waals surface area (Å²) in [5.41, 5.74) is 3.04. The molecule has 0 radical (unpaired) electrons. The average Bonchev–Trinajstić information content (AvgIpc) is 3.12. The van der Waals surface area contributed by atoms with E-state index in [1.807, 2.05) is 12.3 Å². The van der Waals surface area contributed by atoms with E-state index in [9.17, 15) is 9.59 Å². The van der Waals surface area contributed by atoms with Gasteiger partial charge in [0.15, 0.2) is 0 Å². The maximum absolute atomic E-state index is 12.8. The van der Waals surface area contributed by atoms with E-state index < -0.39 is 0 Å². The molecule has 0 aromatic carbocycles. The number of pyridine rings is 1. The molecule has 0 saturated heterocycles. The van der Waals surface area contributed by atoms with Crippen LogP contribution in [0.5, 0.6) is 0 Å². The van der Waals surface area contributed by atoms with Crippen molar-refractivity contribution in [3.8, 4) is 11.1 Å². The van der Waals surface area contributed by atoms with Gasteiger partial charge in [-0.25, -0.2) is 4.98 Å². The van der Waals surface area contributed by atoms with Crippen molar-refractivity contribution in [3.63, 3.8) is 0 Å². The van der Waals surface area contributed by atoms with Crippen molar-refractivity contribution >= 4 is 29.2 Å². The van der Waals surface area contributed by atoms with E-state index in [0.717, 1.165) is 49.8 Å². The summed E-state index contributed by atoms with van der Waals surface area (Å²) in [4.78, 5) is 28.5. The minimum absolute atomic E-state index is 0.0519. The first-order valence-electron chi connectivity index (χ1n) is 10.7. The molecule has 8 heteroatoms. The van der Waals surface area contributed by atoms with Crippen LogP contribution in [0.4, 0.5) is 5.82 Å². The van der Waals surface area contributed by atoms with Gasteiger partial charge in [0.05, 0.1) is 11.2 Å². The van der Waals surface area contributed by atoms with Gasteiger partial charge in [0.2, 0.25) is 11.8 Å². The predicted molar refractivity (Wildman–Crippen MR) is 116 cm³/mol. The highest BCUT2D eigenvalue weighted by Gasteiger charge is 2.28. The van der Waals surface area contributed by atoms with Crippen LogP contribution in [0, 0.1) is 11.8 Å². The third-order valence-corrected chi connectivity index (χ3v) is 6.46. The Kier molecular flexibility index (Phi) is 6.09. The minimum Gasteiger partial charge on any atom is -0.354 e. The van der Waals surface area contributed by atoms with Crippen LogP contribution in [-0.2, 0) is 22.6 Å². The number of nitrogens with one attached hydrogen (secondary N) is 2. The molecule has 30 heavy (non-hydrogen) atoms. The summed E-state index contributed by atoms with van der Waals surface area (Å²) in [5, 5.41) is 11.0. The second-order valence-electron chi connectivity index (χ2n) is 8.63. The molecule has 2 aromatic rings. The van der Waals surface area contributed by atoms with Gasteiger partial charge >= 0.3 is 0 Å². The van der Waals surface area contributed by atoms with E-state index in [1.165, 1.54) is 12.6 Å². The SMILES string of the molecule is CC(=O)N[C@@H]1CCC[C@H](C(=O)Nc2cc(-c3cnn4c3CCC(C)C4)c(Cl)cn2)C1. The zero-order chi connectivity index (χ0) is 21.3. The number of halogens is 1. The number of aromatic nitrogens is 3. The lowest BCUT2D eigenvalue weighted by Crippen LogP contribution is -2.40. The maximum Gasteiger partial charge on any atom is 0.228 e. The number of carbonyl (C=O) groups excluding carboxylic acids is 2. The molecule has 1 fully saturated rings. The molecular weight excluding hydrogens is 402 g/mol. The lowest BCUT2D eigenvalue weighted by molar-refractivity contribution is -0.123. The van der Waals surface area contributed by atoms with E-state index in [2.05, 4.69) is 32.3 Å². The van der Waals surface area contributed by atoms with Gasteiger partial charge in [-0.05, 0) is 44.1 Å². The summed E-state index contributed by atoms with van der Waals surface area (Å²) in [5.74, 6) is 0.859. The van der Waals surface area contributed by atoms with Crippen LogP contribution >= 0.6 is 11.6 Å². The molecule has 2 aromatic heterocycles. The van der Waals surface area contributed by atoms with Crippen molar-refractivity contribution in [1.82, 2.24) is 20.1 Å². The van der Waals surface area contributed by atoms with Gasteiger partial charge in [-0.2, -0.15) is 5.10 Å². The third kappa shape index (κ3) is 4.51. The van der Waals surface area contributed by atoms with Crippen molar-refractivity contribution in [2.24, 2.45) is 11.8 Å². The van der Waals surface area contributed by atoms with Crippen molar-refractivity contribution in [3.05, 3.63) is 29.2 Å². The summed E-state index contributed by atoms with van der Waals surface area (Å²) >= 11 is 6.46. The fourth-order valence-corrected chi connectivity index (χ4v) is 4.82. The van der Waals surface area contributed by atoms with Gasteiger partial charge in [-0.1, -0.05) is 24.9 Å². The van der Waals surface area contributed by atoms with Gasteiger partial charge in [-0.3, -0.25) is 14.3 Å². The summed E-state index contributed by atoms with van der Waals surface area (Å²) in [6.07, 6.45) is 8.84. The van der Waals surface area contributed by atoms with Crippen LogP contribution in [0.2, 0.25) is 5.02 Å². The Labute approximate surface area is 181 Å². The Balaban J connectivity index is 1.50. The minimum atomic E-state index is -0.137. The molecule has 1 unspecified atom stereocenters. The average molecular weight is 430 g/mol. The van der Waals surface area contributed by atoms with E-state index >= 15 is 0 Å². The molecule has 3 atom stereocenters. The van der Waals surface area contributed by atoms with Crippen molar-refractivity contribution < 1.29 is 9.59 Å². The predicted octanol–water partition coefficient (Wildman–Crippen LogP) is 3.81. The van der Waals surface area contributed by atoms with Gasteiger partial charge in [0.25, 0.3) is 0 Å². The maximum atomic E-state index is 12.8. The first-order valence-corrected chi connectivity index (χ1v) is 11.1. The number of fused-ring (bicyclic) bond motifs is 1. The van der Waals surface area contributed by atoms with Gasteiger partial charge in [-0.15, -0.1) is 0 Å². The largest absolute Gasteiger partial charge is 0.354 e. The Morgan fingerprint density at radius 2 is 2.03 bits per heavy atom. The Morgan fingerprint density at radius 1 is 1.20 bits per heavy atom. The van der Waals surface area contributed by atoms with Crippen LogP contribution in [0.3, 0.4) is 0 Å². The topological polar surface area (TPSA) is 88.9 Å². The highest BCUT2D eigenvalue weighted by Crippen LogP contribution is 2.35. The molecule has 0 bridgehead atoms. The zero-order valence-electron chi connectivity index (χ0n) is 17.4. The molecule has 2 amide bonds. The summed E-state index contributed by atoms with van der Waals surface area (Å²) in [7, 11) is 0. The second kappa shape index (κ2) is 8.76. The molecular formula is C22H28ClN5O2. The number of carbonyl (C=O) groups is 2. The van der Waals surface area contributed by atoms with Crippen LogP contribution in [0.25, 0.3) is 11.1 Å². The zero-order valence-corrected chi connectivity index (χ0v) is 18.2. The molecule has 2 N–H and O–H groups in total. The molecule has 7 nitrogen and oxygen atoms in total. The van der Waals surface area contributed by atoms with Crippen LogP contribution in [0.15, 0.2) is 18.5 Å². The van der Waals surface area contributed by atoms with E-state index in [-0.39, 0.29) is 23.8 Å². The fourth-order valence-electron chi connectivity index (χ4n) is 4.61. The van der Waals surface area contributed by atoms with Crippen molar-refractivity contribution in [2.75, 3.05) is 5.32 Å². The van der Waals surface area contributed by atoms with Gasteiger partial charge in [0, 0.05) is 48.4 Å². The third-order valence-electron chi connectivity index (χ3n) is 6.16. The summed E-state index contributed by atoms with van der Waals surface area (Å²) in [6, 6.07) is 1.90. The quantitative estimate of drug-likeness (QED) is 0.773. The molecule has 1 aliphatic carbocycles. The van der Waals surface area contributed by atoms with Crippen LogP contribution in [-0.4, -0.2) is 32.6 Å². The lowest BCUT2D eigenvalue weighted by atomic mass is 9.85. The number of hydrogen-bond donors (Lipinski definition) is 2. The van der Waals surface area contributed by atoms with Crippen molar-refractivity contribution in [2.45, 2.75) is 65.0 Å². The molecule has 2 aliphatic rings. The first kappa shape index (κ1) is 20.8. The molecule has 3 heterocycles. The van der Waals surface area contributed by atoms with Gasteiger partial charge < -0.3 is 10.6 Å². The summed E-state index contributed by atoms with van der Waals surface area (Å²) < 4.78 is 2.06. The van der Waals surface area contributed by atoms with Crippen LogP contribution < -0.4 is 10.6 Å². The van der Waals surface area contributed by atoms with Crippen molar-refractivity contribution in [1.29, 1.82) is 0 Å². The number of amides is 2. The van der Waals surface area contributed by atoms with E-state index in [4.69, 9.17) is 11.6 Å². The summed E-state index contributed by atoms with van der Waals surface area (Å²) in [6.45, 7) is 4.66. The standard InChI is InChI=1S/C22H28ClN5O2/c1-13-6-7-20-18(10-25-28(20)12-13)17-9-21(24-11-19(17)23)27-22(30)15-4-3-5-16(8-15)26-14(2)29/h9-11,13,15-16H,3-8,12H2,1-2H3,(H,26,29)(H,24,27,30)/t13?,15-,16+/m0/s1. The monoisotopic (exact) mass is 429 g/mol. The van der Waals surface area contributed by atoms with Crippen LogP contribution in [0.1, 0.15) is 51.6 Å². The Hall–Kier alpha value is -2.41. The van der Waals surface area contributed by atoms with E-state index in [0.29, 0.717) is 23.2 Å². The highest BCUT2D eigenvalue weighted by molar-refractivity contribution is 6.33. The molecule has 160 valence electrons. The molecule has 4 rings (SSSR count). The number of hydrogen-bond acceptors (Lipinski definition) is 4. The second-order valence-corrected chi connectivity index (χ2v) is 9.04.